The first kappa shape index (κ1) is 17.3. The molecule has 2 heterocycles. The highest BCUT2D eigenvalue weighted by atomic mass is 16.1. The van der Waals surface area contributed by atoms with Gasteiger partial charge in [0, 0.05) is 41.2 Å². The molecule has 0 radical (unpaired) electrons. The van der Waals surface area contributed by atoms with E-state index in [0.717, 1.165) is 29.4 Å². The molecule has 27 heavy (non-hydrogen) atoms. The third-order valence-corrected chi connectivity index (χ3v) is 5.22. The summed E-state index contributed by atoms with van der Waals surface area (Å²) in [6.07, 6.45) is 3.41. The summed E-state index contributed by atoms with van der Waals surface area (Å²) in [5.74, 6) is 0.0611. The van der Waals surface area contributed by atoms with Crippen LogP contribution in [0.1, 0.15) is 36.4 Å². The summed E-state index contributed by atoms with van der Waals surface area (Å²) >= 11 is 0. The maximum absolute atomic E-state index is 12.1. The van der Waals surface area contributed by atoms with Gasteiger partial charge in [-0.05, 0) is 42.3 Å². The van der Waals surface area contributed by atoms with Gasteiger partial charge in [0.2, 0.25) is 5.91 Å². The summed E-state index contributed by atoms with van der Waals surface area (Å²) in [6, 6.07) is 14.1. The lowest BCUT2D eigenvalue weighted by atomic mass is 10.1. The van der Waals surface area contributed by atoms with E-state index < -0.39 is 0 Å². The number of rotatable bonds is 4. The fourth-order valence-electron chi connectivity index (χ4n) is 3.86. The summed E-state index contributed by atoms with van der Waals surface area (Å²) in [5.41, 5.74) is 5.26. The van der Waals surface area contributed by atoms with Gasteiger partial charge in [-0.25, -0.2) is 0 Å². The summed E-state index contributed by atoms with van der Waals surface area (Å²) in [4.78, 5) is 16.6. The van der Waals surface area contributed by atoms with E-state index in [1.807, 2.05) is 50.2 Å². The van der Waals surface area contributed by atoms with Crippen LogP contribution >= 0.6 is 0 Å². The van der Waals surface area contributed by atoms with Gasteiger partial charge in [-0.1, -0.05) is 19.9 Å². The molecule has 1 atom stereocenters. The van der Waals surface area contributed by atoms with Crippen LogP contribution < -0.4 is 5.32 Å². The SMILES string of the molecule is CC(C)C(=O)NC1Cc2c(n(Cc3ccccn3)c3ccc(C#N)cc23)C1. The molecule has 5 heteroatoms. The van der Waals surface area contributed by atoms with Gasteiger partial charge in [0.25, 0.3) is 0 Å². The highest BCUT2D eigenvalue weighted by molar-refractivity contribution is 5.88. The maximum atomic E-state index is 12.1. The fraction of sp³-hybridized carbons (Fsp3) is 0.318. The molecule has 1 aliphatic rings. The van der Waals surface area contributed by atoms with Crippen molar-refractivity contribution < 1.29 is 4.79 Å². The van der Waals surface area contributed by atoms with Gasteiger partial charge in [-0.2, -0.15) is 5.26 Å². The van der Waals surface area contributed by atoms with E-state index in [9.17, 15) is 10.1 Å². The number of carbonyl (C=O) groups is 1. The third kappa shape index (κ3) is 3.19. The van der Waals surface area contributed by atoms with Crippen molar-refractivity contribution in [3.8, 4) is 6.07 Å². The van der Waals surface area contributed by atoms with Crippen LogP contribution in [0.5, 0.6) is 0 Å². The molecule has 0 bridgehead atoms. The Hall–Kier alpha value is -3.13. The predicted molar refractivity (Wildman–Crippen MR) is 104 cm³/mol. The van der Waals surface area contributed by atoms with Gasteiger partial charge in [0.05, 0.1) is 23.9 Å². The number of nitrogens with one attached hydrogen (secondary N) is 1. The number of pyridine rings is 1. The molecule has 1 aliphatic carbocycles. The third-order valence-electron chi connectivity index (χ3n) is 5.22. The molecule has 1 N–H and O–H groups in total. The minimum absolute atomic E-state index is 0.0254. The van der Waals surface area contributed by atoms with Crippen LogP contribution in [-0.2, 0) is 24.2 Å². The topological polar surface area (TPSA) is 70.7 Å². The number of benzene rings is 1. The molecule has 136 valence electrons. The molecule has 0 saturated heterocycles. The first-order valence-corrected chi connectivity index (χ1v) is 9.31. The van der Waals surface area contributed by atoms with Crippen molar-refractivity contribution in [2.45, 2.75) is 39.3 Å². The average molecular weight is 358 g/mol. The van der Waals surface area contributed by atoms with Gasteiger partial charge in [-0.3, -0.25) is 9.78 Å². The Kier molecular flexibility index (Phi) is 4.41. The number of hydrogen-bond donors (Lipinski definition) is 1. The van der Waals surface area contributed by atoms with Gasteiger partial charge in [-0.15, -0.1) is 0 Å². The van der Waals surface area contributed by atoms with Gasteiger partial charge in [0.15, 0.2) is 0 Å². The molecule has 1 unspecified atom stereocenters. The normalized spacial score (nSPS) is 15.7. The number of aromatic nitrogens is 2. The smallest absolute Gasteiger partial charge is 0.222 e. The Balaban J connectivity index is 1.75. The number of fused-ring (bicyclic) bond motifs is 3. The molecule has 5 nitrogen and oxygen atoms in total. The number of amides is 1. The van der Waals surface area contributed by atoms with Crippen LogP contribution in [0.2, 0.25) is 0 Å². The van der Waals surface area contributed by atoms with Crippen LogP contribution in [0.4, 0.5) is 0 Å². The largest absolute Gasteiger partial charge is 0.352 e. The van der Waals surface area contributed by atoms with Crippen LogP contribution in [0.3, 0.4) is 0 Å². The number of carbonyl (C=O) groups excluding carboxylic acids is 1. The van der Waals surface area contributed by atoms with Crippen molar-refractivity contribution in [2.24, 2.45) is 5.92 Å². The highest BCUT2D eigenvalue weighted by Gasteiger charge is 2.30. The van der Waals surface area contributed by atoms with Crippen LogP contribution in [0.15, 0.2) is 42.6 Å². The van der Waals surface area contributed by atoms with E-state index in [2.05, 4.69) is 20.9 Å². The molecule has 1 aromatic carbocycles. The second-order valence-electron chi connectivity index (χ2n) is 7.44. The van der Waals surface area contributed by atoms with E-state index in [-0.39, 0.29) is 17.9 Å². The predicted octanol–water partition coefficient (Wildman–Crippen LogP) is 3.20. The molecule has 0 aliphatic heterocycles. The summed E-state index contributed by atoms with van der Waals surface area (Å²) < 4.78 is 2.29. The zero-order chi connectivity index (χ0) is 19.0. The summed E-state index contributed by atoms with van der Waals surface area (Å²) in [6.45, 7) is 4.50. The van der Waals surface area contributed by atoms with E-state index in [4.69, 9.17) is 0 Å². The maximum Gasteiger partial charge on any atom is 0.222 e. The molecule has 0 saturated carbocycles. The monoisotopic (exact) mass is 358 g/mol. The van der Waals surface area contributed by atoms with Crippen LogP contribution in [0, 0.1) is 17.2 Å². The lowest BCUT2D eigenvalue weighted by Gasteiger charge is -2.16. The lowest BCUT2D eigenvalue weighted by Crippen LogP contribution is -2.38. The molecular formula is C22H22N4O. The first-order chi connectivity index (χ1) is 13.1. The van der Waals surface area contributed by atoms with Crippen molar-refractivity contribution in [1.29, 1.82) is 5.26 Å². The zero-order valence-electron chi connectivity index (χ0n) is 15.6. The van der Waals surface area contributed by atoms with E-state index in [1.165, 1.54) is 11.3 Å². The Bertz CT molecular complexity index is 1040. The fourth-order valence-corrected chi connectivity index (χ4v) is 3.86. The van der Waals surface area contributed by atoms with Crippen LogP contribution in [0.25, 0.3) is 10.9 Å². The molecule has 4 rings (SSSR count). The first-order valence-electron chi connectivity index (χ1n) is 9.31. The molecule has 0 fully saturated rings. The number of hydrogen-bond acceptors (Lipinski definition) is 3. The lowest BCUT2D eigenvalue weighted by molar-refractivity contribution is -0.124. The molecule has 1 amide bonds. The Morgan fingerprint density at radius 1 is 1.33 bits per heavy atom. The second kappa shape index (κ2) is 6.88. The highest BCUT2D eigenvalue weighted by Crippen LogP contribution is 2.34. The van der Waals surface area contributed by atoms with Crippen molar-refractivity contribution >= 4 is 16.8 Å². The van der Waals surface area contributed by atoms with Crippen molar-refractivity contribution in [3.63, 3.8) is 0 Å². The Labute approximate surface area is 158 Å². The van der Waals surface area contributed by atoms with E-state index in [1.54, 1.807) is 6.20 Å². The summed E-state index contributed by atoms with van der Waals surface area (Å²) in [5, 5.41) is 13.6. The Morgan fingerprint density at radius 2 is 2.19 bits per heavy atom. The standard InChI is InChI=1S/C22H22N4O/c1-14(2)22(27)25-17-10-19-18-9-15(12-23)6-7-20(18)26(21(19)11-17)13-16-5-3-4-8-24-16/h3-9,14,17H,10-11,13H2,1-2H3,(H,25,27). The zero-order valence-corrected chi connectivity index (χ0v) is 15.6. The van der Waals surface area contributed by atoms with Crippen molar-refractivity contribution in [2.75, 3.05) is 0 Å². The summed E-state index contributed by atoms with van der Waals surface area (Å²) in [7, 11) is 0. The van der Waals surface area contributed by atoms with Gasteiger partial charge < -0.3 is 9.88 Å². The Morgan fingerprint density at radius 3 is 2.89 bits per heavy atom. The number of nitriles is 1. The average Bonchev–Trinajstić information content (AvgIpc) is 3.20. The van der Waals surface area contributed by atoms with Gasteiger partial charge in [0.1, 0.15) is 0 Å². The van der Waals surface area contributed by atoms with Crippen molar-refractivity contribution in [3.05, 3.63) is 65.1 Å². The minimum Gasteiger partial charge on any atom is -0.352 e. The van der Waals surface area contributed by atoms with E-state index in [0.29, 0.717) is 12.1 Å². The van der Waals surface area contributed by atoms with Gasteiger partial charge >= 0.3 is 0 Å². The molecular weight excluding hydrogens is 336 g/mol. The van der Waals surface area contributed by atoms with Crippen LogP contribution in [-0.4, -0.2) is 21.5 Å². The molecule has 2 aromatic heterocycles. The quantitative estimate of drug-likeness (QED) is 0.778. The number of nitrogens with zero attached hydrogens (tertiary/aromatic N) is 3. The van der Waals surface area contributed by atoms with E-state index >= 15 is 0 Å². The van der Waals surface area contributed by atoms with Crippen molar-refractivity contribution in [1.82, 2.24) is 14.9 Å². The minimum atomic E-state index is -0.0254. The molecule has 0 spiro atoms. The second-order valence-corrected chi connectivity index (χ2v) is 7.44. The molecule has 3 aromatic rings.